The monoisotopic (exact) mass is 464 g/mol. The van der Waals surface area contributed by atoms with E-state index in [1.54, 1.807) is 11.6 Å². The van der Waals surface area contributed by atoms with Crippen molar-refractivity contribution in [2.24, 2.45) is 0 Å². The van der Waals surface area contributed by atoms with Crippen LogP contribution in [-0.4, -0.2) is 27.5 Å². The van der Waals surface area contributed by atoms with Crippen molar-refractivity contribution in [3.8, 4) is 16.9 Å². The third-order valence-electron chi connectivity index (χ3n) is 5.01. The molecular formula is C24H21ClN4O2S. The van der Waals surface area contributed by atoms with Gasteiger partial charge in [0.1, 0.15) is 6.61 Å². The van der Waals surface area contributed by atoms with Crippen LogP contribution in [0.15, 0.2) is 84.7 Å². The number of aromatic nitrogens is 2. The summed E-state index contributed by atoms with van der Waals surface area (Å²) in [6.07, 6.45) is 3.43. The summed E-state index contributed by atoms with van der Waals surface area (Å²) in [5.74, 6) is -0.454. The van der Waals surface area contributed by atoms with Crippen LogP contribution in [0, 0.1) is 0 Å². The fraction of sp³-hybridized carbons (Fsp3) is 0.125. The molecule has 0 fully saturated rings. The molecule has 6 nitrogen and oxygen atoms in total. The molecule has 0 saturated carbocycles. The highest BCUT2D eigenvalue weighted by Gasteiger charge is 2.34. The summed E-state index contributed by atoms with van der Waals surface area (Å²) in [6.45, 7) is 5.53. The van der Waals surface area contributed by atoms with Crippen molar-refractivity contribution in [1.82, 2.24) is 20.4 Å². The lowest BCUT2D eigenvalue weighted by Gasteiger charge is -2.29. The molecule has 1 unspecified atom stereocenters. The molecule has 162 valence electrons. The van der Waals surface area contributed by atoms with Crippen LogP contribution in [0.1, 0.15) is 18.5 Å². The Morgan fingerprint density at radius 3 is 2.66 bits per heavy atom. The zero-order chi connectivity index (χ0) is 22.7. The van der Waals surface area contributed by atoms with Gasteiger partial charge in [-0.2, -0.15) is 5.10 Å². The molecule has 0 radical (unpaired) electrons. The average Bonchev–Trinajstić information content (AvgIpc) is 3.23. The molecule has 0 spiro atoms. The average molecular weight is 465 g/mol. The Kier molecular flexibility index (Phi) is 6.39. The molecule has 32 heavy (non-hydrogen) atoms. The predicted octanol–water partition coefficient (Wildman–Crippen LogP) is 4.71. The third-order valence-corrected chi connectivity index (χ3v) is 5.49. The highest BCUT2D eigenvalue weighted by Crippen LogP contribution is 2.35. The first kappa shape index (κ1) is 21.8. The van der Waals surface area contributed by atoms with Gasteiger partial charge in [0.05, 0.1) is 23.0 Å². The highest BCUT2D eigenvalue weighted by atomic mass is 35.5. The normalized spacial score (nSPS) is 15.7. The van der Waals surface area contributed by atoms with Gasteiger partial charge in [0, 0.05) is 28.0 Å². The predicted molar refractivity (Wildman–Crippen MR) is 129 cm³/mol. The first-order valence-electron chi connectivity index (χ1n) is 9.95. The number of hydrogen-bond acceptors (Lipinski definition) is 4. The van der Waals surface area contributed by atoms with Crippen LogP contribution in [0.3, 0.4) is 0 Å². The number of nitrogens with one attached hydrogen (secondary N) is 2. The first-order valence-corrected chi connectivity index (χ1v) is 10.7. The summed E-state index contributed by atoms with van der Waals surface area (Å²) in [4.78, 5) is 12.9. The lowest BCUT2D eigenvalue weighted by molar-refractivity contribution is -0.138. The van der Waals surface area contributed by atoms with Crippen LogP contribution in [0.5, 0.6) is 0 Å². The molecule has 1 atom stereocenters. The molecule has 0 bridgehead atoms. The molecule has 1 aliphatic rings. The van der Waals surface area contributed by atoms with Crippen molar-refractivity contribution >= 4 is 34.9 Å². The Morgan fingerprint density at radius 1 is 1.25 bits per heavy atom. The topological polar surface area (TPSA) is 68.2 Å². The van der Waals surface area contributed by atoms with Gasteiger partial charge in [-0.15, -0.1) is 0 Å². The van der Waals surface area contributed by atoms with E-state index in [1.807, 2.05) is 60.8 Å². The molecule has 2 heterocycles. The summed E-state index contributed by atoms with van der Waals surface area (Å²) in [7, 11) is 0. The number of ether oxygens (including phenoxy) is 1. The maximum Gasteiger partial charge on any atom is 0.338 e. The van der Waals surface area contributed by atoms with Gasteiger partial charge in [0.25, 0.3) is 0 Å². The number of esters is 1. The molecule has 2 aromatic carbocycles. The van der Waals surface area contributed by atoms with E-state index in [9.17, 15) is 4.79 Å². The Morgan fingerprint density at radius 2 is 1.97 bits per heavy atom. The number of benzene rings is 2. The first-order chi connectivity index (χ1) is 15.5. The van der Waals surface area contributed by atoms with Crippen LogP contribution in [0.4, 0.5) is 0 Å². The van der Waals surface area contributed by atoms with Gasteiger partial charge in [-0.1, -0.05) is 54.6 Å². The Balaban J connectivity index is 1.88. The van der Waals surface area contributed by atoms with E-state index in [-0.39, 0.29) is 6.61 Å². The van der Waals surface area contributed by atoms with E-state index in [1.165, 1.54) is 6.08 Å². The fourth-order valence-corrected chi connectivity index (χ4v) is 3.95. The molecule has 3 aromatic rings. The molecule has 4 rings (SSSR count). The van der Waals surface area contributed by atoms with Gasteiger partial charge >= 0.3 is 5.97 Å². The number of para-hydroxylation sites is 1. The van der Waals surface area contributed by atoms with Gasteiger partial charge in [-0.3, -0.25) is 0 Å². The van der Waals surface area contributed by atoms with Gasteiger partial charge in [-0.05, 0) is 43.4 Å². The molecule has 0 aliphatic carbocycles. The summed E-state index contributed by atoms with van der Waals surface area (Å²) in [5, 5.41) is 12.1. The number of thiocarbonyl (C=S) groups is 1. The molecule has 2 N–H and O–H groups in total. The van der Waals surface area contributed by atoms with Crippen molar-refractivity contribution in [1.29, 1.82) is 0 Å². The summed E-state index contributed by atoms with van der Waals surface area (Å²) >= 11 is 11.5. The maximum atomic E-state index is 12.9. The van der Waals surface area contributed by atoms with Crippen molar-refractivity contribution in [3.63, 3.8) is 0 Å². The van der Waals surface area contributed by atoms with Crippen molar-refractivity contribution in [2.75, 3.05) is 6.61 Å². The number of hydrogen-bond donors (Lipinski definition) is 2. The van der Waals surface area contributed by atoms with E-state index in [4.69, 9.17) is 33.7 Å². The standard InChI is InChI=1S/C24H21ClN4O2S/c1-3-13-31-23(30)20-15(2)26-24(32)27-22(20)19-14-29(18-7-5-4-6-8-18)28-21(19)16-9-11-17(25)12-10-16/h3-12,14,22H,1,13H2,2H3,(H2,26,27,32). The number of halogens is 1. The molecule has 0 amide bonds. The van der Waals surface area contributed by atoms with E-state index in [0.717, 1.165) is 16.8 Å². The maximum absolute atomic E-state index is 12.9. The molecule has 1 aromatic heterocycles. The molecule has 1 aliphatic heterocycles. The molecule has 8 heteroatoms. The molecule has 0 saturated heterocycles. The van der Waals surface area contributed by atoms with E-state index in [2.05, 4.69) is 17.2 Å². The number of carbonyl (C=O) groups is 1. The van der Waals surface area contributed by atoms with Crippen LogP contribution in [0.25, 0.3) is 16.9 Å². The second kappa shape index (κ2) is 9.38. The Bertz CT molecular complexity index is 1200. The SMILES string of the molecule is C=CCOC(=O)C1=C(C)NC(=S)NC1c1cn(-c2ccccc2)nc1-c1ccc(Cl)cc1. The summed E-state index contributed by atoms with van der Waals surface area (Å²) in [6, 6.07) is 16.6. The smallest absolute Gasteiger partial charge is 0.338 e. The number of carbonyl (C=O) groups excluding carboxylic acids is 1. The van der Waals surface area contributed by atoms with Gasteiger partial charge in [0.2, 0.25) is 0 Å². The number of rotatable bonds is 6. The van der Waals surface area contributed by atoms with E-state index < -0.39 is 12.0 Å². The lowest BCUT2D eigenvalue weighted by atomic mass is 9.94. The molecular weight excluding hydrogens is 444 g/mol. The minimum atomic E-state index is -0.552. The van der Waals surface area contributed by atoms with Crippen LogP contribution < -0.4 is 10.6 Å². The van der Waals surface area contributed by atoms with Crippen LogP contribution in [-0.2, 0) is 9.53 Å². The van der Waals surface area contributed by atoms with Gasteiger partial charge in [-0.25, -0.2) is 9.48 Å². The highest BCUT2D eigenvalue weighted by molar-refractivity contribution is 7.80. The summed E-state index contributed by atoms with van der Waals surface area (Å²) in [5.41, 5.74) is 4.30. The largest absolute Gasteiger partial charge is 0.458 e. The summed E-state index contributed by atoms with van der Waals surface area (Å²) < 4.78 is 7.14. The Hall–Kier alpha value is -3.42. The zero-order valence-electron chi connectivity index (χ0n) is 17.3. The third kappa shape index (κ3) is 4.44. The van der Waals surface area contributed by atoms with E-state index in [0.29, 0.717) is 27.1 Å². The van der Waals surface area contributed by atoms with E-state index >= 15 is 0 Å². The van der Waals surface area contributed by atoms with Crippen LogP contribution >= 0.6 is 23.8 Å². The van der Waals surface area contributed by atoms with Crippen molar-refractivity contribution in [3.05, 3.63) is 95.3 Å². The minimum Gasteiger partial charge on any atom is -0.458 e. The lowest BCUT2D eigenvalue weighted by Crippen LogP contribution is -2.45. The Labute approximate surface area is 196 Å². The van der Waals surface area contributed by atoms with Crippen LogP contribution in [0.2, 0.25) is 5.02 Å². The number of nitrogens with zero attached hydrogens (tertiary/aromatic N) is 2. The minimum absolute atomic E-state index is 0.111. The second-order valence-electron chi connectivity index (χ2n) is 7.18. The van der Waals surface area contributed by atoms with Crippen molar-refractivity contribution in [2.45, 2.75) is 13.0 Å². The van der Waals surface area contributed by atoms with Gasteiger partial charge < -0.3 is 15.4 Å². The quantitative estimate of drug-likeness (QED) is 0.313. The zero-order valence-corrected chi connectivity index (χ0v) is 18.9. The van der Waals surface area contributed by atoms with Crippen molar-refractivity contribution < 1.29 is 9.53 Å². The fourth-order valence-electron chi connectivity index (χ4n) is 3.55. The number of allylic oxidation sites excluding steroid dienone is 1. The van der Waals surface area contributed by atoms with Gasteiger partial charge in [0.15, 0.2) is 5.11 Å². The second-order valence-corrected chi connectivity index (χ2v) is 8.02.